The van der Waals surface area contributed by atoms with Crippen LogP contribution >= 0.6 is 0 Å². The third kappa shape index (κ3) is 2.24. The Morgan fingerprint density at radius 2 is 2.21 bits per heavy atom. The minimum atomic E-state index is -1.16. The maximum atomic E-state index is 13.4. The molecule has 1 atom stereocenters. The molecule has 1 aliphatic rings. The Morgan fingerprint density at radius 1 is 1.53 bits per heavy atom. The van der Waals surface area contributed by atoms with Crippen LogP contribution in [0.2, 0.25) is 0 Å². The first-order chi connectivity index (χ1) is 8.91. The molecule has 0 bridgehead atoms. The van der Waals surface area contributed by atoms with Crippen molar-refractivity contribution in [2.75, 3.05) is 11.4 Å². The summed E-state index contributed by atoms with van der Waals surface area (Å²) < 4.78 is 13.4. The molecule has 19 heavy (non-hydrogen) atoms. The number of para-hydroxylation sites is 1. The van der Waals surface area contributed by atoms with Crippen LogP contribution in [0.15, 0.2) is 18.2 Å². The molecule has 1 N–H and O–H groups in total. The number of benzene rings is 1. The zero-order valence-electron chi connectivity index (χ0n) is 9.58. The van der Waals surface area contributed by atoms with Crippen LogP contribution in [0, 0.1) is 21.8 Å². The fraction of sp³-hybridized carbons (Fsp3) is 0.273. The number of carbonyl (C=O) groups excluding carboxylic acids is 1. The molecule has 1 fully saturated rings. The van der Waals surface area contributed by atoms with Crippen molar-refractivity contribution in [1.82, 2.24) is 0 Å². The van der Waals surface area contributed by atoms with Gasteiger partial charge in [0.15, 0.2) is 0 Å². The molecule has 1 amide bonds. The second-order valence-electron chi connectivity index (χ2n) is 4.11. The van der Waals surface area contributed by atoms with Gasteiger partial charge in [-0.15, -0.1) is 0 Å². The number of anilines is 1. The predicted molar refractivity (Wildman–Crippen MR) is 61.2 cm³/mol. The third-order valence-corrected chi connectivity index (χ3v) is 2.91. The van der Waals surface area contributed by atoms with E-state index in [0.29, 0.717) is 0 Å². The van der Waals surface area contributed by atoms with Gasteiger partial charge in [-0.1, -0.05) is 6.07 Å². The molecule has 1 aliphatic heterocycles. The second-order valence-corrected chi connectivity index (χ2v) is 4.11. The van der Waals surface area contributed by atoms with Gasteiger partial charge < -0.3 is 10.0 Å². The summed E-state index contributed by atoms with van der Waals surface area (Å²) in [6.07, 6.45) is -0.247. The van der Waals surface area contributed by atoms with Crippen LogP contribution in [0.25, 0.3) is 0 Å². The monoisotopic (exact) mass is 268 g/mol. The summed E-state index contributed by atoms with van der Waals surface area (Å²) in [4.78, 5) is 33.4. The summed E-state index contributed by atoms with van der Waals surface area (Å²) in [6.45, 7) is -0.196. The van der Waals surface area contributed by atoms with E-state index < -0.39 is 34.2 Å². The van der Waals surface area contributed by atoms with Gasteiger partial charge in [0.2, 0.25) is 11.7 Å². The number of amides is 1. The van der Waals surface area contributed by atoms with E-state index in [1.807, 2.05) is 0 Å². The van der Waals surface area contributed by atoms with Crippen molar-refractivity contribution in [2.24, 2.45) is 5.92 Å². The van der Waals surface area contributed by atoms with Crippen molar-refractivity contribution in [3.8, 4) is 0 Å². The minimum Gasteiger partial charge on any atom is -0.481 e. The molecule has 1 unspecified atom stereocenters. The number of nitro benzene ring substituents is 1. The van der Waals surface area contributed by atoms with Crippen LogP contribution in [0.3, 0.4) is 0 Å². The first-order valence-corrected chi connectivity index (χ1v) is 5.38. The zero-order valence-corrected chi connectivity index (χ0v) is 9.58. The molecule has 100 valence electrons. The van der Waals surface area contributed by atoms with E-state index in [4.69, 9.17) is 5.11 Å². The normalized spacial score (nSPS) is 18.7. The molecule has 0 aliphatic carbocycles. The molecule has 1 aromatic carbocycles. The number of carboxylic acids is 1. The summed E-state index contributed by atoms with van der Waals surface area (Å²) in [5, 5.41) is 19.7. The number of carboxylic acid groups (broad SMARTS) is 1. The van der Waals surface area contributed by atoms with Gasteiger partial charge in [0, 0.05) is 13.0 Å². The van der Waals surface area contributed by atoms with Crippen LogP contribution in [0.1, 0.15) is 6.42 Å². The lowest BCUT2D eigenvalue weighted by atomic mass is 10.1. The van der Waals surface area contributed by atoms with Crippen molar-refractivity contribution >= 4 is 23.3 Å². The van der Waals surface area contributed by atoms with Crippen LogP contribution in [-0.4, -0.2) is 28.5 Å². The molecule has 2 rings (SSSR count). The first-order valence-electron chi connectivity index (χ1n) is 5.38. The lowest BCUT2D eigenvalue weighted by Crippen LogP contribution is -2.26. The van der Waals surface area contributed by atoms with Crippen molar-refractivity contribution in [1.29, 1.82) is 0 Å². The van der Waals surface area contributed by atoms with E-state index in [1.165, 1.54) is 12.1 Å². The summed E-state index contributed by atoms with van der Waals surface area (Å²) in [5.41, 5.74) is -1.03. The van der Waals surface area contributed by atoms with Gasteiger partial charge in [0.05, 0.1) is 10.8 Å². The van der Waals surface area contributed by atoms with Gasteiger partial charge in [-0.2, -0.15) is 4.39 Å². The Balaban J connectivity index is 2.43. The maximum absolute atomic E-state index is 13.4. The quantitative estimate of drug-likeness (QED) is 0.655. The van der Waals surface area contributed by atoms with E-state index in [0.717, 1.165) is 11.0 Å². The highest BCUT2D eigenvalue weighted by molar-refractivity contribution is 6.00. The average molecular weight is 268 g/mol. The molecule has 7 nitrogen and oxygen atoms in total. The average Bonchev–Trinajstić information content (AvgIpc) is 2.70. The van der Waals surface area contributed by atoms with Gasteiger partial charge in [0.1, 0.15) is 5.69 Å². The van der Waals surface area contributed by atoms with E-state index in [9.17, 15) is 24.1 Å². The summed E-state index contributed by atoms with van der Waals surface area (Å²) >= 11 is 0. The Bertz CT molecular complexity index is 574. The number of hydrogen-bond acceptors (Lipinski definition) is 4. The number of rotatable bonds is 3. The second kappa shape index (κ2) is 4.63. The molecule has 0 radical (unpaired) electrons. The number of hydrogen-bond donors (Lipinski definition) is 1. The Morgan fingerprint density at radius 3 is 2.74 bits per heavy atom. The summed E-state index contributed by atoms with van der Waals surface area (Å²) in [7, 11) is 0. The predicted octanol–water partition coefficient (Wildman–Crippen LogP) is 1.17. The SMILES string of the molecule is O=C(O)C1CC(=O)N(c2cccc(F)c2[N+](=O)[O-])C1. The molecule has 8 heteroatoms. The van der Waals surface area contributed by atoms with E-state index in [1.54, 1.807) is 0 Å². The Labute approximate surface area is 106 Å². The number of carbonyl (C=O) groups is 2. The van der Waals surface area contributed by atoms with Crippen molar-refractivity contribution < 1.29 is 24.0 Å². The molecule has 0 saturated carbocycles. The van der Waals surface area contributed by atoms with Gasteiger partial charge >= 0.3 is 11.7 Å². The maximum Gasteiger partial charge on any atom is 0.328 e. The topological polar surface area (TPSA) is 101 Å². The van der Waals surface area contributed by atoms with Crippen molar-refractivity contribution in [3.05, 3.63) is 34.1 Å². The van der Waals surface area contributed by atoms with Crippen LogP contribution in [-0.2, 0) is 9.59 Å². The fourth-order valence-corrected chi connectivity index (χ4v) is 2.01. The summed E-state index contributed by atoms with van der Waals surface area (Å²) in [5.74, 6) is -3.72. The molecule has 1 saturated heterocycles. The molecule has 0 spiro atoms. The van der Waals surface area contributed by atoms with Gasteiger partial charge in [-0.25, -0.2) is 0 Å². The lowest BCUT2D eigenvalue weighted by Gasteiger charge is -2.16. The number of aliphatic carboxylic acids is 1. The highest BCUT2D eigenvalue weighted by atomic mass is 19.1. The minimum absolute atomic E-state index is 0.196. The lowest BCUT2D eigenvalue weighted by molar-refractivity contribution is -0.386. The highest BCUT2D eigenvalue weighted by Gasteiger charge is 2.38. The van der Waals surface area contributed by atoms with Gasteiger partial charge in [-0.05, 0) is 12.1 Å². The highest BCUT2D eigenvalue weighted by Crippen LogP contribution is 2.34. The molecule has 1 aromatic rings. The molecule has 1 heterocycles. The van der Waals surface area contributed by atoms with E-state index in [-0.39, 0.29) is 18.7 Å². The van der Waals surface area contributed by atoms with Crippen LogP contribution in [0.5, 0.6) is 0 Å². The molecular formula is C11H9FN2O5. The summed E-state index contributed by atoms with van der Waals surface area (Å²) in [6, 6.07) is 3.37. The smallest absolute Gasteiger partial charge is 0.328 e. The number of halogens is 1. The van der Waals surface area contributed by atoms with Gasteiger partial charge in [0.25, 0.3) is 0 Å². The Kier molecular flexibility index (Phi) is 3.16. The van der Waals surface area contributed by atoms with Gasteiger partial charge in [-0.3, -0.25) is 19.7 Å². The zero-order chi connectivity index (χ0) is 14.2. The molecular weight excluding hydrogens is 259 g/mol. The van der Waals surface area contributed by atoms with Crippen LogP contribution in [0.4, 0.5) is 15.8 Å². The standard InChI is InChI=1S/C11H9FN2O5/c12-7-2-1-3-8(10(7)14(18)19)13-5-6(11(16)17)4-9(13)15/h1-3,6H,4-5H2,(H,16,17). The van der Waals surface area contributed by atoms with E-state index in [2.05, 4.69) is 0 Å². The largest absolute Gasteiger partial charge is 0.481 e. The Hall–Kier alpha value is -2.51. The number of nitro groups is 1. The third-order valence-electron chi connectivity index (χ3n) is 2.91. The van der Waals surface area contributed by atoms with Crippen molar-refractivity contribution in [3.63, 3.8) is 0 Å². The fourth-order valence-electron chi connectivity index (χ4n) is 2.01. The molecule has 0 aromatic heterocycles. The number of nitrogens with zero attached hydrogens (tertiary/aromatic N) is 2. The van der Waals surface area contributed by atoms with Crippen molar-refractivity contribution in [2.45, 2.75) is 6.42 Å². The van der Waals surface area contributed by atoms with E-state index >= 15 is 0 Å². The first kappa shape index (κ1) is 12.9. The van der Waals surface area contributed by atoms with Crippen LogP contribution < -0.4 is 4.90 Å².